The summed E-state index contributed by atoms with van der Waals surface area (Å²) in [6.07, 6.45) is 1.33. The zero-order valence-corrected chi connectivity index (χ0v) is 6.80. The summed E-state index contributed by atoms with van der Waals surface area (Å²) in [4.78, 5) is 19.9. The maximum atomic E-state index is 10.3. The molecule has 0 aliphatic rings. The molecular formula is C6H7N3O4. The summed E-state index contributed by atoms with van der Waals surface area (Å²) in [6.45, 7) is 1.14. The van der Waals surface area contributed by atoms with Crippen molar-refractivity contribution in [3.05, 3.63) is 21.9 Å². The van der Waals surface area contributed by atoms with Gasteiger partial charge in [-0.15, -0.1) is 0 Å². The molecule has 7 heteroatoms. The molecule has 0 unspecified atom stereocenters. The van der Waals surface area contributed by atoms with Gasteiger partial charge in [0.1, 0.15) is 0 Å². The highest BCUT2D eigenvalue weighted by molar-refractivity contribution is 5.66. The first-order valence-electron chi connectivity index (χ1n) is 3.41. The molecule has 0 amide bonds. The maximum Gasteiger partial charge on any atom is 0.392 e. The molecule has 0 radical (unpaired) electrons. The predicted molar refractivity (Wildman–Crippen MR) is 41.3 cm³/mol. The Labute approximate surface area is 72.7 Å². The second kappa shape index (κ2) is 3.21. The molecular weight excluding hydrogens is 178 g/mol. The smallest absolute Gasteiger partial charge is 0.392 e. The lowest BCUT2D eigenvalue weighted by Crippen LogP contribution is -2.09. The van der Waals surface area contributed by atoms with Crippen molar-refractivity contribution in [1.82, 2.24) is 9.78 Å². The third kappa shape index (κ3) is 2.01. The minimum atomic E-state index is -1.09. The highest BCUT2D eigenvalue weighted by atomic mass is 16.6. The Kier molecular flexibility index (Phi) is 2.27. The van der Waals surface area contributed by atoms with Crippen LogP contribution in [0.25, 0.3) is 0 Å². The Bertz CT molecular complexity index is 357. The zero-order chi connectivity index (χ0) is 10.0. The lowest BCUT2D eigenvalue weighted by Gasteiger charge is -1.87. The van der Waals surface area contributed by atoms with Crippen molar-refractivity contribution >= 4 is 11.8 Å². The Hall–Kier alpha value is -1.92. The van der Waals surface area contributed by atoms with E-state index < -0.39 is 10.9 Å². The highest BCUT2D eigenvalue weighted by Gasteiger charge is 2.17. The van der Waals surface area contributed by atoms with Crippen LogP contribution in [0.15, 0.2) is 6.20 Å². The average Bonchev–Trinajstić information content (AvgIpc) is 2.29. The van der Waals surface area contributed by atoms with Crippen molar-refractivity contribution in [2.24, 2.45) is 0 Å². The number of hydrogen-bond acceptors (Lipinski definition) is 4. The molecule has 0 saturated carbocycles. The second-order valence-corrected chi connectivity index (χ2v) is 2.48. The van der Waals surface area contributed by atoms with Crippen LogP contribution in [-0.4, -0.2) is 25.8 Å². The Balaban J connectivity index is 2.95. The van der Waals surface area contributed by atoms with Gasteiger partial charge in [0.15, 0.2) is 6.54 Å². The number of rotatable bonds is 3. The first-order chi connectivity index (χ1) is 6.00. The topological polar surface area (TPSA) is 98.3 Å². The molecule has 0 spiro atoms. The van der Waals surface area contributed by atoms with Crippen molar-refractivity contribution in [1.29, 1.82) is 0 Å². The number of aliphatic carboxylic acids is 1. The minimum absolute atomic E-state index is 0.304. The quantitative estimate of drug-likeness (QED) is 0.535. The van der Waals surface area contributed by atoms with E-state index in [1.807, 2.05) is 0 Å². The number of carboxylic acids is 1. The lowest BCUT2D eigenvalue weighted by molar-refractivity contribution is -0.390. The van der Waals surface area contributed by atoms with Gasteiger partial charge in [-0.3, -0.25) is 4.79 Å². The van der Waals surface area contributed by atoms with Crippen LogP contribution in [0.1, 0.15) is 5.56 Å². The Morgan fingerprint density at radius 2 is 2.46 bits per heavy atom. The fraction of sp³-hybridized carbons (Fsp3) is 0.333. The van der Waals surface area contributed by atoms with Crippen molar-refractivity contribution in [3.8, 4) is 0 Å². The van der Waals surface area contributed by atoms with Gasteiger partial charge in [-0.2, -0.15) is 4.68 Å². The molecule has 1 rings (SSSR count). The second-order valence-electron chi connectivity index (χ2n) is 2.48. The number of carbonyl (C=O) groups is 1. The highest BCUT2D eigenvalue weighted by Crippen LogP contribution is 2.13. The standard InChI is InChI=1S/C6H7N3O4/c1-4-2-8(3-5(10)11)7-6(4)9(12)13/h2H,3H2,1H3,(H,10,11). The van der Waals surface area contributed by atoms with E-state index in [9.17, 15) is 14.9 Å². The lowest BCUT2D eigenvalue weighted by atomic mass is 10.4. The van der Waals surface area contributed by atoms with Gasteiger partial charge in [0, 0.05) is 0 Å². The van der Waals surface area contributed by atoms with E-state index in [1.54, 1.807) is 0 Å². The van der Waals surface area contributed by atoms with Crippen LogP contribution in [0.2, 0.25) is 0 Å². The van der Waals surface area contributed by atoms with Gasteiger partial charge in [-0.25, -0.2) is 0 Å². The minimum Gasteiger partial charge on any atom is -0.480 e. The van der Waals surface area contributed by atoms with Gasteiger partial charge in [0.25, 0.3) is 0 Å². The molecule has 0 bridgehead atoms. The summed E-state index contributed by atoms with van der Waals surface area (Å²) in [5.41, 5.74) is 0.353. The van der Waals surface area contributed by atoms with Crippen LogP contribution in [-0.2, 0) is 11.3 Å². The van der Waals surface area contributed by atoms with Crippen molar-refractivity contribution < 1.29 is 14.8 Å². The van der Waals surface area contributed by atoms with E-state index in [1.165, 1.54) is 13.1 Å². The van der Waals surface area contributed by atoms with Gasteiger partial charge in [0.05, 0.1) is 16.9 Å². The molecule has 13 heavy (non-hydrogen) atoms. The third-order valence-electron chi connectivity index (χ3n) is 1.39. The van der Waals surface area contributed by atoms with Crippen LogP contribution in [0.3, 0.4) is 0 Å². The molecule has 0 atom stereocenters. The van der Waals surface area contributed by atoms with Gasteiger partial charge in [-0.05, 0) is 11.8 Å². The summed E-state index contributed by atoms with van der Waals surface area (Å²) >= 11 is 0. The molecule has 0 aliphatic heterocycles. The van der Waals surface area contributed by atoms with E-state index in [-0.39, 0.29) is 12.4 Å². The van der Waals surface area contributed by atoms with Gasteiger partial charge in [0.2, 0.25) is 0 Å². The summed E-state index contributed by atoms with van der Waals surface area (Å²) in [7, 11) is 0. The van der Waals surface area contributed by atoms with Gasteiger partial charge in [-0.1, -0.05) is 0 Å². The summed E-state index contributed by atoms with van der Waals surface area (Å²) in [5.74, 6) is -1.39. The summed E-state index contributed by atoms with van der Waals surface area (Å²) in [6, 6.07) is 0. The van der Waals surface area contributed by atoms with E-state index in [0.717, 1.165) is 4.68 Å². The Morgan fingerprint density at radius 3 is 2.85 bits per heavy atom. The first kappa shape index (κ1) is 9.17. The van der Waals surface area contributed by atoms with Gasteiger partial charge >= 0.3 is 11.8 Å². The maximum absolute atomic E-state index is 10.3. The van der Waals surface area contributed by atoms with Gasteiger partial charge < -0.3 is 15.2 Å². The molecule has 0 fully saturated rings. The molecule has 70 valence electrons. The molecule has 1 aromatic heterocycles. The van der Waals surface area contributed by atoms with E-state index in [0.29, 0.717) is 5.56 Å². The van der Waals surface area contributed by atoms with Crippen molar-refractivity contribution in [2.45, 2.75) is 13.5 Å². The fourth-order valence-corrected chi connectivity index (χ4v) is 0.911. The van der Waals surface area contributed by atoms with Crippen LogP contribution in [0, 0.1) is 17.0 Å². The molecule has 1 aromatic rings. The van der Waals surface area contributed by atoms with E-state index in [2.05, 4.69) is 5.10 Å². The Morgan fingerprint density at radius 1 is 1.85 bits per heavy atom. The number of nitro groups is 1. The number of hydrogen-bond donors (Lipinski definition) is 1. The number of carboxylic acid groups (broad SMARTS) is 1. The largest absolute Gasteiger partial charge is 0.480 e. The van der Waals surface area contributed by atoms with Crippen LogP contribution in [0.5, 0.6) is 0 Å². The fourth-order valence-electron chi connectivity index (χ4n) is 0.911. The molecule has 0 aromatic carbocycles. The first-order valence-corrected chi connectivity index (χ1v) is 3.41. The van der Waals surface area contributed by atoms with E-state index in [4.69, 9.17) is 5.11 Å². The molecule has 0 aliphatic carbocycles. The van der Waals surface area contributed by atoms with Crippen molar-refractivity contribution in [3.63, 3.8) is 0 Å². The van der Waals surface area contributed by atoms with Crippen molar-refractivity contribution in [2.75, 3.05) is 0 Å². The summed E-state index contributed by atoms with van der Waals surface area (Å²) in [5, 5.41) is 22.2. The van der Waals surface area contributed by atoms with Crippen LogP contribution >= 0.6 is 0 Å². The summed E-state index contributed by atoms with van der Waals surface area (Å²) < 4.78 is 1.02. The molecule has 1 N–H and O–H groups in total. The molecule has 7 nitrogen and oxygen atoms in total. The van der Waals surface area contributed by atoms with Crippen LogP contribution in [0.4, 0.5) is 5.82 Å². The average molecular weight is 185 g/mol. The number of aromatic nitrogens is 2. The molecule has 0 saturated heterocycles. The normalized spacial score (nSPS) is 9.92. The SMILES string of the molecule is Cc1cn(CC(=O)O)nc1[N+](=O)[O-]. The zero-order valence-electron chi connectivity index (χ0n) is 6.80. The van der Waals surface area contributed by atoms with E-state index >= 15 is 0 Å². The number of nitrogens with zero attached hydrogens (tertiary/aromatic N) is 3. The number of aryl methyl sites for hydroxylation is 1. The monoisotopic (exact) mass is 185 g/mol. The van der Waals surface area contributed by atoms with Crippen LogP contribution < -0.4 is 0 Å². The molecule has 1 heterocycles. The third-order valence-corrected chi connectivity index (χ3v) is 1.39. The predicted octanol–water partition coefficient (Wildman–Crippen LogP) is 0.184.